The van der Waals surface area contributed by atoms with Gasteiger partial charge in [-0.15, -0.1) is 0 Å². The molecule has 1 fully saturated rings. The molecule has 1 saturated carbocycles. The van der Waals surface area contributed by atoms with Crippen LogP contribution in [0.5, 0.6) is 0 Å². The van der Waals surface area contributed by atoms with Crippen molar-refractivity contribution >= 4 is 23.3 Å². The van der Waals surface area contributed by atoms with Crippen molar-refractivity contribution in [2.45, 2.75) is 20.3 Å². The number of hydrogen-bond donors (Lipinski definition) is 2. The first kappa shape index (κ1) is 14.0. The van der Waals surface area contributed by atoms with Crippen LogP contribution in [0.25, 0.3) is 0 Å². The number of amides is 1. The molecule has 1 aromatic carbocycles. The summed E-state index contributed by atoms with van der Waals surface area (Å²) in [6, 6.07) is 3.28. The Morgan fingerprint density at radius 3 is 2.50 bits per heavy atom. The minimum Gasteiger partial charge on any atom is -0.478 e. The molecule has 0 aromatic heterocycles. The lowest BCUT2D eigenvalue weighted by molar-refractivity contribution is -0.384. The number of hydrogen-bond acceptors (Lipinski definition) is 4. The number of carboxylic acids is 1. The van der Waals surface area contributed by atoms with Crippen LogP contribution in [-0.2, 0) is 4.79 Å². The first-order valence-corrected chi connectivity index (χ1v) is 6.05. The smallest absolute Gasteiger partial charge is 0.337 e. The molecule has 0 radical (unpaired) electrons. The number of benzene rings is 1. The lowest BCUT2D eigenvalue weighted by Gasteiger charge is -2.09. The van der Waals surface area contributed by atoms with Crippen molar-refractivity contribution in [3.05, 3.63) is 33.9 Å². The number of nitro groups is 1. The molecule has 0 bridgehead atoms. The number of carboxylic acid groups (broad SMARTS) is 1. The molecule has 20 heavy (non-hydrogen) atoms. The van der Waals surface area contributed by atoms with Gasteiger partial charge in [-0.25, -0.2) is 4.79 Å². The van der Waals surface area contributed by atoms with E-state index in [-0.39, 0.29) is 34.2 Å². The summed E-state index contributed by atoms with van der Waals surface area (Å²) in [7, 11) is 0. The van der Waals surface area contributed by atoms with Crippen molar-refractivity contribution in [3.63, 3.8) is 0 Å². The molecule has 2 rings (SSSR count). The maximum absolute atomic E-state index is 12.0. The zero-order valence-corrected chi connectivity index (χ0v) is 11.0. The topological polar surface area (TPSA) is 110 Å². The quantitative estimate of drug-likeness (QED) is 0.648. The molecule has 106 valence electrons. The van der Waals surface area contributed by atoms with E-state index in [4.69, 9.17) is 5.11 Å². The summed E-state index contributed by atoms with van der Waals surface area (Å²) in [6.45, 7) is 3.87. The van der Waals surface area contributed by atoms with E-state index in [2.05, 4.69) is 5.32 Å². The van der Waals surface area contributed by atoms with Crippen LogP contribution in [-0.4, -0.2) is 21.9 Å². The van der Waals surface area contributed by atoms with Crippen LogP contribution in [0.1, 0.15) is 30.6 Å². The van der Waals surface area contributed by atoms with Crippen LogP contribution < -0.4 is 5.32 Å². The summed E-state index contributed by atoms with van der Waals surface area (Å²) in [5.41, 5.74) is -0.573. The van der Waals surface area contributed by atoms with Crippen LogP contribution in [0.4, 0.5) is 11.4 Å². The Bertz CT molecular complexity index is 609. The van der Waals surface area contributed by atoms with Gasteiger partial charge < -0.3 is 10.4 Å². The molecule has 7 heteroatoms. The summed E-state index contributed by atoms with van der Waals surface area (Å²) >= 11 is 0. The average Bonchev–Trinajstić information content (AvgIpc) is 2.98. The number of non-ortho nitro benzene ring substituents is 1. The van der Waals surface area contributed by atoms with E-state index in [0.29, 0.717) is 0 Å². The fraction of sp³-hybridized carbons (Fsp3) is 0.385. The van der Waals surface area contributed by atoms with E-state index in [9.17, 15) is 19.7 Å². The third kappa shape index (κ3) is 2.61. The maximum atomic E-state index is 12.0. The van der Waals surface area contributed by atoms with Crippen molar-refractivity contribution in [1.29, 1.82) is 0 Å². The molecule has 1 aliphatic rings. The first-order valence-electron chi connectivity index (χ1n) is 6.05. The average molecular weight is 278 g/mol. The molecule has 1 aliphatic carbocycles. The number of nitrogens with one attached hydrogen (secondary N) is 1. The number of nitro benzene ring substituents is 1. The Kier molecular flexibility index (Phi) is 3.21. The predicted molar refractivity (Wildman–Crippen MR) is 70.6 cm³/mol. The summed E-state index contributed by atoms with van der Waals surface area (Å²) in [4.78, 5) is 33.1. The highest BCUT2D eigenvalue weighted by molar-refractivity contribution is 6.02. The highest BCUT2D eigenvalue weighted by Gasteiger charge is 2.50. The number of nitrogens with zero attached hydrogens (tertiary/aromatic N) is 1. The molecular formula is C13H14N2O5. The SMILES string of the molecule is CC1(C)CC1C(=O)Nc1cc([N+](=O)[O-])ccc1C(=O)O. The van der Waals surface area contributed by atoms with E-state index >= 15 is 0 Å². The Labute approximate surface area is 114 Å². The normalized spacial score (nSPS) is 19.2. The molecule has 0 aliphatic heterocycles. The van der Waals surface area contributed by atoms with E-state index in [1.54, 1.807) is 0 Å². The highest BCUT2D eigenvalue weighted by atomic mass is 16.6. The van der Waals surface area contributed by atoms with Crippen molar-refractivity contribution in [2.24, 2.45) is 11.3 Å². The number of anilines is 1. The van der Waals surface area contributed by atoms with Gasteiger partial charge >= 0.3 is 5.97 Å². The van der Waals surface area contributed by atoms with Gasteiger partial charge in [0, 0.05) is 18.1 Å². The summed E-state index contributed by atoms with van der Waals surface area (Å²) in [5.74, 6) is -1.74. The molecule has 1 unspecified atom stereocenters. The highest BCUT2D eigenvalue weighted by Crippen LogP contribution is 2.52. The fourth-order valence-corrected chi connectivity index (χ4v) is 2.07. The van der Waals surface area contributed by atoms with E-state index in [1.165, 1.54) is 0 Å². The molecule has 2 N–H and O–H groups in total. The molecule has 0 saturated heterocycles. The second-order valence-electron chi connectivity index (χ2n) is 5.53. The lowest BCUT2D eigenvalue weighted by atomic mass is 10.1. The number of rotatable bonds is 4. The third-order valence-corrected chi connectivity index (χ3v) is 3.53. The zero-order valence-electron chi connectivity index (χ0n) is 11.0. The van der Waals surface area contributed by atoms with E-state index in [0.717, 1.165) is 24.6 Å². The Hall–Kier alpha value is -2.44. The van der Waals surface area contributed by atoms with Crippen LogP contribution in [0, 0.1) is 21.4 Å². The van der Waals surface area contributed by atoms with Crippen molar-refractivity contribution in [3.8, 4) is 0 Å². The standard InChI is InChI=1S/C13H14N2O5/c1-13(2)6-9(13)11(16)14-10-5-7(15(19)20)3-4-8(10)12(17)18/h3-5,9H,6H2,1-2H3,(H,14,16)(H,17,18). The minimum atomic E-state index is -1.25. The second-order valence-corrected chi connectivity index (χ2v) is 5.53. The fourth-order valence-electron chi connectivity index (χ4n) is 2.07. The molecule has 1 atom stereocenters. The van der Waals surface area contributed by atoms with Crippen molar-refractivity contribution in [2.75, 3.05) is 5.32 Å². The number of aromatic carboxylic acids is 1. The first-order chi connectivity index (χ1) is 9.22. The van der Waals surface area contributed by atoms with E-state index in [1.807, 2.05) is 13.8 Å². The molecule has 7 nitrogen and oxygen atoms in total. The number of carbonyl (C=O) groups is 2. The summed E-state index contributed by atoms with van der Waals surface area (Å²) in [5, 5.41) is 22.2. The summed E-state index contributed by atoms with van der Waals surface area (Å²) in [6.07, 6.45) is 0.718. The third-order valence-electron chi connectivity index (χ3n) is 3.53. The summed E-state index contributed by atoms with van der Waals surface area (Å²) < 4.78 is 0. The van der Waals surface area contributed by atoms with Crippen LogP contribution in [0.3, 0.4) is 0 Å². The van der Waals surface area contributed by atoms with Gasteiger partial charge in [-0.2, -0.15) is 0 Å². The lowest BCUT2D eigenvalue weighted by Crippen LogP contribution is -2.18. The molecule has 1 aromatic rings. The monoisotopic (exact) mass is 278 g/mol. The van der Waals surface area contributed by atoms with Crippen LogP contribution in [0.15, 0.2) is 18.2 Å². The Morgan fingerprint density at radius 1 is 1.45 bits per heavy atom. The predicted octanol–water partition coefficient (Wildman–Crippen LogP) is 2.28. The minimum absolute atomic E-state index is 0.0422. The molecule has 0 spiro atoms. The molecular weight excluding hydrogens is 264 g/mol. The van der Waals surface area contributed by atoms with Gasteiger partial charge in [-0.3, -0.25) is 14.9 Å². The zero-order chi connectivity index (χ0) is 15.1. The van der Waals surface area contributed by atoms with Crippen molar-refractivity contribution in [1.82, 2.24) is 0 Å². The van der Waals surface area contributed by atoms with Crippen LogP contribution in [0.2, 0.25) is 0 Å². The van der Waals surface area contributed by atoms with Gasteiger partial charge in [0.1, 0.15) is 0 Å². The van der Waals surface area contributed by atoms with Crippen LogP contribution >= 0.6 is 0 Å². The van der Waals surface area contributed by atoms with Gasteiger partial charge in [-0.05, 0) is 17.9 Å². The largest absolute Gasteiger partial charge is 0.478 e. The van der Waals surface area contributed by atoms with E-state index < -0.39 is 10.9 Å². The van der Waals surface area contributed by atoms with Gasteiger partial charge in [0.15, 0.2) is 0 Å². The molecule has 0 heterocycles. The van der Waals surface area contributed by atoms with Gasteiger partial charge in [0.05, 0.1) is 16.2 Å². The maximum Gasteiger partial charge on any atom is 0.337 e. The molecule has 1 amide bonds. The Balaban J connectivity index is 2.29. The second kappa shape index (κ2) is 4.59. The van der Waals surface area contributed by atoms with Gasteiger partial charge in [0.2, 0.25) is 5.91 Å². The van der Waals surface area contributed by atoms with Gasteiger partial charge in [0.25, 0.3) is 5.69 Å². The Morgan fingerprint density at radius 2 is 2.05 bits per heavy atom. The van der Waals surface area contributed by atoms with Crippen molar-refractivity contribution < 1.29 is 19.6 Å². The number of carbonyl (C=O) groups excluding carboxylic acids is 1. The van der Waals surface area contributed by atoms with Gasteiger partial charge in [-0.1, -0.05) is 13.8 Å².